The molecule has 0 aromatic carbocycles. The number of hydrogen-bond donors (Lipinski definition) is 0. The van der Waals surface area contributed by atoms with Crippen molar-refractivity contribution < 1.29 is 19.1 Å². The zero-order chi connectivity index (χ0) is 24.8. The van der Waals surface area contributed by atoms with Crippen LogP contribution in [0.25, 0.3) is 0 Å². The van der Waals surface area contributed by atoms with Crippen LogP contribution in [0.3, 0.4) is 0 Å². The molecule has 0 heterocycles. The molecule has 4 rings (SSSR count). The third-order valence-corrected chi connectivity index (χ3v) is 11.1. The summed E-state index contributed by atoms with van der Waals surface area (Å²) in [5, 5.41) is 9.37. The van der Waals surface area contributed by atoms with Crippen molar-refractivity contribution in [3.05, 3.63) is 0 Å². The van der Waals surface area contributed by atoms with Crippen LogP contribution >= 0.6 is 0 Å². The predicted molar refractivity (Wildman–Crippen MR) is 130 cm³/mol. The molecular formula is C29H45NO4. The second kappa shape index (κ2) is 9.47. The normalized spacial score (nSPS) is 46.3. The van der Waals surface area contributed by atoms with Crippen LogP contribution < -0.4 is 0 Å². The Morgan fingerprint density at radius 1 is 0.971 bits per heavy atom. The molecule has 0 amide bonds. The van der Waals surface area contributed by atoms with E-state index in [4.69, 9.17) is 9.47 Å². The van der Waals surface area contributed by atoms with Gasteiger partial charge < -0.3 is 9.47 Å². The number of ether oxygens (including phenoxy) is 2. The van der Waals surface area contributed by atoms with Gasteiger partial charge in [0.25, 0.3) is 0 Å². The van der Waals surface area contributed by atoms with Crippen molar-refractivity contribution in [3.8, 4) is 6.07 Å². The smallest absolute Gasteiger partial charge is 0.302 e. The Hall–Kier alpha value is -1.57. The van der Waals surface area contributed by atoms with E-state index >= 15 is 0 Å². The quantitative estimate of drug-likeness (QED) is 0.440. The minimum atomic E-state index is -0.191. The van der Waals surface area contributed by atoms with Crippen molar-refractivity contribution in [2.45, 2.75) is 112 Å². The van der Waals surface area contributed by atoms with Crippen LogP contribution in [0.4, 0.5) is 0 Å². The highest BCUT2D eigenvalue weighted by molar-refractivity contribution is 5.66. The van der Waals surface area contributed by atoms with Crippen LogP contribution in [0.15, 0.2) is 0 Å². The molecule has 0 aliphatic heterocycles. The lowest BCUT2D eigenvalue weighted by Crippen LogP contribution is -2.63. The molecule has 34 heavy (non-hydrogen) atoms. The molecule has 0 bridgehead atoms. The SMILES string of the molecule is CC[C@H]1[C@@H](OC(C)=O)[C@@H]2[C@H](CC[C@]3(C)C([C@H](C)CC#N)CC[C@@H]23)[C@@]2(C)CC[C@@H](OC(C)=O)C[C@@H]12. The summed E-state index contributed by atoms with van der Waals surface area (Å²) in [6.45, 7) is 12.6. The highest BCUT2D eigenvalue weighted by Gasteiger charge is 2.66. The lowest BCUT2D eigenvalue weighted by Gasteiger charge is -2.65. The van der Waals surface area contributed by atoms with E-state index in [1.54, 1.807) is 6.92 Å². The van der Waals surface area contributed by atoms with Gasteiger partial charge in [0.05, 0.1) is 6.07 Å². The summed E-state index contributed by atoms with van der Waals surface area (Å²) in [7, 11) is 0. The number of fused-ring (bicyclic) bond motifs is 5. The maximum Gasteiger partial charge on any atom is 0.302 e. The van der Waals surface area contributed by atoms with Crippen LogP contribution in [0.1, 0.15) is 99.3 Å². The molecule has 5 nitrogen and oxygen atoms in total. The Kier molecular flexibility index (Phi) is 7.11. The van der Waals surface area contributed by atoms with Crippen LogP contribution in [-0.4, -0.2) is 24.1 Å². The summed E-state index contributed by atoms with van der Waals surface area (Å²) in [5.41, 5.74) is 0.405. The molecule has 4 fully saturated rings. The van der Waals surface area contributed by atoms with Crippen LogP contribution in [0.5, 0.6) is 0 Å². The van der Waals surface area contributed by atoms with Gasteiger partial charge in [0.2, 0.25) is 0 Å². The Balaban J connectivity index is 1.71. The van der Waals surface area contributed by atoms with Crippen LogP contribution in [-0.2, 0) is 19.1 Å². The minimum Gasteiger partial charge on any atom is -0.463 e. The molecule has 4 aliphatic rings. The van der Waals surface area contributed by atoms with E-state index in [2.05, 4.69) is 33.8 Å². The predicted octanol–water partition coefficient (Wildman–Crippen LogP) is 6.30. The summed E-state index contributed by atoms with van der Waals surface area (Å²) in [4.78, 5) is 24.1. The first-order chi connectivity index (χ1) is 16.1. The molecule has 4 aliphatic carbocycles. The van der Waals surface area contributed by atoms with E-state index < -0.39 is 0 Å². The molecule has 0 spiro atoms. The van der Waals surface area contributed by atoms with Crippen molar-refractivity contribution in [1.29, 1.82) is 5.26 Å². The first kappa shape index (κ1) is 25.5. The molecule has 0 radical (unpaired) electrons. The highest BCUT2D eigenvalue weighted by atomic mass is 16.5. The van der Waals surface area contributed by atoms with Crippen molar-refractivity contribution >= 4 is 11.9 Å². The van der Waals surface area contributed by atoms with Crippen LogP contribution in [0.2, 0.25) is 0 Å². The molecule has 0 saturated heterocycles. The summed E-state index contributed by atoms with van der Waals surface area (Å²) in [6, 6.07) is 2.42. The second-order valence-electron chi connectivity index (χ2n) is 12.6. The van der Waals surface area contributed by atoms with Gasteiger partial charge in [-0.2, -0.15) is 5.26 Å². The monoisotopic (exact) mass is 471 g/mol. The summed E-state index contributed by atoms with van der Waals surface area (Å²) >= 11 is 0. The standard InChI is InChI=1S/C29H45NO4/c1-7-21-25-16-20(33-18(3)31)10-13-29(25,6)24-11-14-28(5)22(17(2)12-15-30)8-9-23(28)26(24)27(21)34-19(4)32/h17,20-27H,7-14,16H2,1-6H3/t17-,20-,21-,22?,23+,24+,25+,26+,27-,28-,29-/m1/s1. The van der Waals surface area contributed by atoms with E-state index in [1.807, 2.05) is 0 Å². The lowest BCUT2D eigenvalue weighted by atomic mass is 9.41. The minimum absolute atomic E-state index is 0.0179. The highest BCUT2D eigenvalue weighted by Crippen LogP contribution is 2.70. The fourth-order valence-electron chi connectivity index (χ4n) is 9.87. The number of carbonyl (C=O) groups excluding carboxylic acids is 2. The van der Waals surface area contributed by atoms with E-state index in [0.29, 0.717) is 47.8 Å². The third kappa shape index (κ3) is 4.07. The Bertz CT molecular complexity index is 834. The maximum absolute atomic E-state index is 12.4. The van der Waals surface area contributed by atoms with Gasteiger partial charge in [-0.25, -0.2) is 0 Å². The van der Waals surface area contributed by atoms with Crippen molar-refractivity contribution in [3.63, 3.8) is 0 Å². The number of rotatable bonds is 5. The van der Waals surface area contributed by atoms with E-state index in [-0.39, 0.29) is 35.0 Å². The maximum atomic E-state index is 12.4. The summed E-state index contributed by atoms with van der Waals surface area (Å²) in [6.07, 6.45) is 9.19. The molecule has 0 N–H and O–H groups in total. The Morgan fingerprint density at radius 2 is 1.62 bits per heavy atom. The lowest BCUT2D eigenvalue weighted by molar-refractivity contribution is -0.219. The van der Waals surface area contributed by atoms with E-state index in [9.17, 15) is 14.9 Å². The number of esters is 2. The third-order valence-electron chi connectivity index (χ3n) is 11.1. The molecule has 0 aromatic heterocycles. The number of carbonyl (C=O) groups is 2. The number of nitrogens with zero attached hydrogens (tertiary/aromatic N) is 1. The van der Waals surface area contributed by atoms with Crippen molar-refractivity contribution in [2.24, 2.45) is 52.3 Å². The average molecular weight is 472 g/mol. The van der Waals surface area contributed by atoms with Gasteiger partial charge in [-0.3, -0.25) is 9.59 Å². The van der Waals surface area contributed by atoms with Crippen molar-refractivity contribution in [2.75, 3.05) is 0 Å². The van der Waals surface area contributed by atoms with Gasteiger partial charge in [-0.15, -0.1) is 0 Å². The Morgan fingerprint density at radius 3 is 2.24 bits per heavy atom. The zero-order valence-corrected chi connectivity index (χ0v) is 22.1. The molecule has 4 saturated carbocycles. The van der Waals surface area contributed by atoms with Crippen molar-refractivity contribution in [1.82, 2.24) is 0 Å². The zero-order valence-electron chi connectivity index (χ0n) is 22.1. The summed E-state index contributed by atoms with van der Waals surface area (Å²) < 4.78 is 12.0. The fraction of sp³-hybridized carbons (Fsp3) is 0.897. The molecule has 1 unspecified atom stereocenters. The molecule has 11 atom stereocenters. The van der Waals surface area contributed by atoms with Gasteiger partial charge in [0, 0.05) is 26.2 Å². The average Bonchev–Trinajstić information content (AvgIpc) is 3.11. The van der Waals surface area contributed by atoms with Gasteiger partial charge in [0.15, 0.2) is 0 Å². The topological polar surface area (TPSA) is 76.4 Å². The Labute approximate surface area is 206 Å². The largest absolute Gasteiger partial charge is 0.463 e. The molecule has 5 heteroatoms. The van der Waals surface area contributed by atoms with Gasteiger partial charge in [0.1, 0.15) is 12.2 Å². The van der Waals surface area contributed by atoms with Gasteiger partial charge in [-0.1, -0.05) is 27.7 Å². The first-order valence-electron chi connectivity index (χ1n) is 13.8. The first-order valence-corrected chi connectivity index (χ1v) is 13.8. The van der Waals surface area contributed by atoms with Gasteiger partial charge >= 0.3 is 11.9 Å². The second-order valence-corrected chi connectivity index (χ2v) is 12.6. The molecular weight excluding hydrogens is 426 g/mol. The van der Waals surface area contributed by atoms with Gasteiger partial charge in [-0.05, 0) is 97.7 Å². The number of nitriles is 1. The van der Waals surface area contributed by atoms with E-state index in [1.165, 1.54) is 32.6 Å². The number of hydrogen-bond acceptors (Lipinski definition) is 5. The fourth-order valence-corrected chi connectivity index (χ4v) is 9.87. The molecule has 0 aromatic rings. The van der Waals surface area contributed by atoms with Crippen LogP contribution in [0, 0.1) is 63.6 Å². The summed E-state index contributed by atoms with van der Waals surface area (Å²) in [5.74, 6) is 2.79. The van der Waals surface area contributed by atoms with E-state index in [0.717, 1.165) is 25.7 Å². The molecule has 190 valence electrons.